The van der Waals surface area contributed by atoms with Crippen LogP contribution in [-0.4, -0.2) is 16.1 Å². The first-order chi connectivity index (χ1) is 6.64. The molecule has 0 aromatic rings. The van der Waals surface area contributed by atoms with Crippen LogP contribution in [0.15, 0.2) is 23.8 Å². The monoisotopic (exact) mass is 238 g/mol. The normalized spacial score (nSPS) is 22.4. The molecule has 1 aliphatic carbocycles. The van der Waals surface area contributed by atoms with Crippen molar-refractivity contribution in [2.75, 3.05) is 0 Å². The second-order valence-corrected chi connectivity index (χ2v) is 18.2. The van der Waals surface area contributed by atoms with Gasteiger partial charge in [-0.05, 0) is 11.1 Å². The summed E-state index contributed by atoms with van der Waals surface area (Å²) in [6, 6.07) is 0. The van der Waals surface area contributed by atoms with Crippen molar-refractivity contribution in [3.8, 4) is 0 Å². The minimum atomic E-state index is -1.08. The van der Waals surface area contributed by atoms with Gasteiger partial charge in [0, 0.05) is 16.1 Å². The van der Waals surface area contributed by atoms with Gasteiger partial charge in [0.15, 0.2) is 0 Å². The zero-order valence-corrected chi connectivity index (χ0v) is 13.4. The third-order valence-corrected chi connectivity index (χ3v) is 12.6. The van der Waals surface area contributed by atoms with Crippen molar-refractivity contribution in [2.45, 2.75) is 51.4 Å². The number of rotatable bonds is 3. The van der Waals surface area contributed by atoms with Gasteiger partial charge in [-0.3, -0.25) is 0 Å². The van der Waals surface area contributed by atoms with Gasteiger partial charge in [-0.15, -0.1) is 0 Å². The Hall–Kier alpha value is -0.0862. The zero-order valence-electron chi connectivity index (χ0n) is 11.4. The van der Waals surface area contributed by atoms with E-state index in [2.05, 4.69) is 64.4 Å². The molecule has 0 nitrogen and oxygen atoms in total. The number of hydrogen-bond donors (Lipinski definition) is 0. The second kappa shape index (κ2) is 4.06. The van der Waals surface area contributed by atoms with E-state index in [-0.39, 0.29) is 0 Å². The lowest BCUT2D eigenvalue weighted by Crippen LogP contribution is -2.45. The van der Waals surface area contributed by atoms with Crippen LogP contribution in [0.2, 0.25) is 44.4 Å². The van der Waals surface area contributed by atoms with Gasteiger partial charge < -0.3 is 0 Å². The molecule has 1 atom stereocenters. The molecule has 0 aliphatic heterocycles. The Labute approximate surface area is 97.5 Å². The molecule has 0 fully saturated rings. The fourth-order valence-electron chi connectivity index (χ4n) is 3.25. The van der Waals surface area contributed by atoms with E-state index in [0.717, 1.165) is 5.16 Å². The predicted octanol–water partition coefficient (Wildman–Crippen LogP) is 4.70. The first-order valence-electron chi connectivity index (χ1n) is 6.02. The van der Waals surface area contributed by atoms with E-state index < -0.39 is 16.1 Å². The van der Waals surface area contributed by atoms with Crippen LogP contribution >= 0.6 is 0 Å². The summed E-state index contributed by atoms with van der Waals surface area (Å²) < 4.78 is 0. The van der Waals surface area contributed by atoms with Crippen LogP contribution in [0.1, 0.15) is 6.92 Å². The average molecular weight is 239 g/mol. The molecule has 0 aromatic heterocycles. The molecule has 0 bridgehead atoms. The van der Waals surface area contributed by atoms with Crippen molar-refractivity contribution >= 4 is 16.1 Å². The molecule has 2 heteroatoms. The quantitative estimate of drug-likeness (QED) is 0.625. The van der Waals surface area contributed by atoms with Gasteiger partial charge in [-0.25, -0.2) is 0 Å². The van der Waals surface area contributed by atoms with Crippen molar-refractivity contribution in [1.82, 2.24) is 0 Å². The summed E-state index contributed by atoms with van der Waals surface area (Å²) in [7, 11) is -2.15. The van der Waals surface area contributed by atoms with Crippen molar-refractivity contribution in [3.05, 3.63) is 23.8 Å². The lowest BCUT2D eigenvalue weighted by molar-refractivity contribution is 0.849. The lowest BCUT2D eigenvalue weighted by Gasteiger charge is -2.41. The topological polar surface area (TPSA) is 0 Å². The smallest absolute Gasteiger partial charge is 0.0489 e. The zero-order chi connectivity index (χ0) is 11.9. The average Bonchev–Trinajstić information content (AvgIpc) is 2.30. The molecule has 1 rings (SSSR count). The summed E-state index contributed by atoms with van der Waals surface area (Å²) in [5.74, 6) is 0.688. The van der Waals surface area contributed by atoms with E-state index in [1.165, 1.54) is 0 Å². The summed E-state index contributed by atoms with van der Waals surface area (Å²) >= 11 is 0. The van der Waals surface area contributed by atoms with Crippen LogP contribution in [0.3, 0.4) is 0 Å². The summed E-state index contributed by atoms with van der Waals surface area (Å²) in [6.07, 6.45) is 7.00. The van der Waals surface area contributed by atoms with Crippen LogP contribution < -0.4 is 0 Å². The molecule has 86 valence electrons. The van der Waals surface area contributed by atoms with Gasteiger partial charge in [-0.1, -0.05) is 70.0 Å². The third kappa shape index (κ3) is 2.94. The van der Waals surface area contributed by atoms with E-state index in [9.17, 15) is 0 Å². The first kappa shape index (κ1) is 13.0. The largest absolute Gasteiger partial charge is 0.0776 e. The van der Waals surface area contributed by atoms with Crippen LogP contribution in [0.25, 0.3) is 0 Å². The molecule has 0 spiro atoms. The van der Waals surface area contributed by atoms with Gasteiger partial charge in [0.25, 0.3) is 0 Å². The van der Waals surface area contributed by atoms with E-state index in [0.29, 0.717) is 5.92 Å². The summed E-state index contributed by atoms with van der Waals surface area (Å²) in [5.41, 5.74) is 1.73. The highest BCUT2D eigenvalue weighted by Crippen LogP contribution is 2.43. The molecular formula is C13H26Si2. The standard InChI is InChI=1S/C13H26Si2/c1-11-9-8-10-12(11)13(14(2,3)4)15(5,6)7/h8-11,13H,1-7H3. The molecule has 0 saturated heterocycles. The molecule has 0 N–H and O–H groups in total. The number of allylic oxidation sites excluding steroid dienone is 4. The fraction of sp³-hybridized carbons (Fsp3) is 0.692. The molecule has 0 saturated carbocycles. The maximum Gasteiger partial charge on any atom is 0.0489 e. The maximum absolute atomic E-state index is 2.53. The predicted molar refractivity (Wildman–Crippen MR) is 76.8 cm³/mol. The van der Waals surface area contributed by atoms with Gasteiger partial charge in [0.1, 0.15) is 0 Å². The Morgan fingerprint density at radius 2 is 1.47 bits per heavy atom. The van der Waals surface area contributed by atoms with Crippen molar-refractivity contribution in [2.24, 2.45) is 5.92 Å². The van der Waals surface area contributed by atoms with Crippen molar-refractivity contribution < 1.29 is 0 Å². The molecule has 0 aromatic carbocycles. The molecule has 0 heterocycles. The minimum Gasteiger partial charge on any atom is -0.0776 e. The number of hydrogen-bond acceptors (Lipinski definition) is 0. The van der Waals surface area contributed by atoms with Crippen LogP contribution in [0.4, 0.5) is 0 Å². The SMILES string of the molecule is CC1C=CC=C1C([Si](C)(C)C)[Si](C)(C)C. The van der Waals surface area contributed by atoms with Crippen molar-refractivity contribution in [1.29, 1.82) is 0 Å². The van der Waals surface area contributed by atoms with Crippen LogP contribution in [0, 0.1) is 5.92 Å². The summed E-state index contributed by atoms with van der Waals surface area (Å²) in [4.78, 5) is 0. The third-order valence-electron chi connectivity index (χ3n) is 3.28. The maximum atomic E-state index is 2.53. The van der Waals surface area contributed by atoms with Crippen LogP contribution in [0.5, 0.6) is 0 Å². The highest BCUT2D eigenvalue weighted by molar-refractivity contribution is 6.97. The van der Waals surface area contributed by atoms with E-state index in [1.54, 1.807) is 5.57 Å². The highest BCUT2D eigenvalue weighted by Gasteiger charge is 2.41. The molecule has 1 unspecified atom stereocenters. The molecule has 15 heavy (non-hydrogen) atoms. The Balaban J connectivity index is 3.04. The highest BCUT2D eigenvalue weighted by atomic mass is 28.4. The van der Waals surface area contributed by atoms with Gasteiger partial charge in [-0.2, -0.15) is 0 Å². The van der Waals surface area contributed by atoms with E-state index >= 15 is 0 Å². The van der Waals surface area contributed by atoms with Gasteiger partial charge in [0.2, 0.25) is 0 Å². The second-order valence-electron chi connectivity index (χ2n) is 7.01. The molecule has 1 aliphatic rings. The lowest BCUT2D eigenvalue weighted by atomic mass is 10.1. The fourth-order valence-corrected chi connectivity index (χ4v) is 16.4. The molecule has 0 amide bonds. The molecule has 0 radical (unpaired) electrons. The summed E-state index contributed by atoms with van der Waals surface area (Å²) in [5, 5.41) is 0.926. The summed E-state index contributed by atoms with van der Waals surface area (Å²) in [6.45, 7) is 17.5. The Kier molecular flexibility index (Phi) is 3.51. The van der Waals surface area contributed by atoms with Crippen LogP contribution in [-0.2, 0) is 0 Å². The molecular weight excluding hydrogens is 212 g/mol. The Morgan fingerprint density at radius 1 is 1.00 bits per heavy atom. The van der Waals surface area contributed by atoms with Gasteiger partial charge >= 0.3 is 0 Å². The Bertz CT molecular complexity index is 273. The van der Waals surface area contributed by atoms with Crippen molar-refractivity contribution in [3.63, 3.8) is 0 Å². The minimum absolute atomic E-state index is 0.688. The van der Waals surface area contributed by atoms with E-state index in [1.807, 2.05) is 0 Å². The first-order valence-corrected chi connectivity index (χ1v) is 13.2. The van der Waals surface area contributed by atoms with Gasteiger partial charge in [0.05, 0.1) is 0 Å². The Morgan fingerprint density at radius 3 is 1.73 bits per heavy atom. The van der Waals surface area contributed by atoms with E-state index in [4.69, 9.17) is 0 Å².